The van der Waals surface area contributed by atoms with Crippen LogP contribution in [0, 0.1) is 0 Å². The van der Waals surface area contributed by atoms with Gasteiger partial charge in [0.2, 0.25) is 0 Å². The van der Waals surface area contributed by atoms with Gasteiger partial charge in [-0.25, -0.2) is 0 Å². The quantitative estimate of drug-likeness (QED) is 0.676. The van der Waals surface area contributed by atoms with E-state index in [-0.39, 0.29) is 6.04 Å². The number of benzene rings is 1. The van der Waals surface area contributed by atoms with Crippen LogP contribution in [-0.4, -0.2) is 11.2 Å². The van der Waals surface area contributed by atoms with Crippen LogP contribution in [0.15, 0.2) is 69.4 Å². The fourth-order valence-corrected chi connectivity index (χ4v) is 3.46. The summed E-state index contributed by atoms with van der Waals surface area (Å²) in [5.41, 5.74) is 1.03. The average Bonchev–Trinajstić information content (AvgIpc) is 2.33. The smallest absolute Gasteiger partial charge is 0.132 e. The molecule has 18 heavy (non-hydrogen) atoms. The van der Waals surface area contributed by atoms with Crippen molar-refractivity contribution >= 4 is 28.5 Å². The molecular formula is C15H12ClNS. The highest BCUT2D eigenvalue weighted by Gasteiger charge is 2.17. The first kappa shape index (κ1) is 11.8. The third-order valence-electron chi connectivity index (χ3n) is 2.88. The second-order valence-electron chi connectivity index (χ2n) is 4.19. The van der Waals surface area contributed by atoms with Crippen LogP contribution in [0.5, 0.6) is 0 Å². The van der Waals surface area contributed by atoms with Crippen LogP contribution < -0.4 is 0 Å². The zero-order valence-corrected chi connectivity index (χ0v) is 11.3. The topological polar surface area (TPSA) is 12.4 Å². The molecule has 0 amide bonds. The molecule has 1 unspecified atom stereocenters. The third-order valence-corrected chi connectivity index (χ3v) is 4.32. The lowest BCUT2D eigenvalue weighted by Gasteiger charge is -2.18. The molecule has 0 N–H and O–H groups in total. The Kier molecular flexibility index (Phi) is 3.39. The second-order valence-corrected chi connectivity index (χ2v) is 5.72. The molecule has 0 fully saturated rings. The van der Waals surface area contributed by atoms with Gasteiger partial charge in [0.05, 0.1) is 6.04 Å². The molecule has 0 aromatic heterocycles. The standard InChI is InChI=1S/C15H12ClNS/c16-15-13-8-4-5-9-14(13)18-12-7-3-1-2-6-11(10-12)17-15/h1-9,11H,10H2/b3-1-,6-2?,12-7+,17-15+. The molecule has 2 aliphatic rings. The van der Waals surface area contributed by atoms with Crippen molar-refractivity contribution in [3.05, 3.63) is 65.1 Å². The summed E-state index contributed by atoms with van der Waals surface area (Å²) >= 11 is 8.11. The van der Waals surface area contributed by atoms with Gasteiger partial charge in [-0.2, -0.15) is 0 Å². The highest BCUT2D eigenvalue weighted by molar-refractivity contribution is 8.03. The summed E-state index contributed by atoms with van der Waals surface area (Å²) in [5.74, 6) is 0. The van der Waals surface area contributed by atoms with Crippen LogP contribution in [-0.2, 0) is 0 Å². The normalized spacial score (nSPS) is 29.5. The number of thioether (sulfide) groups is 1. The summed E-state index contributed by atoms with van der Waals surface area (Å²) in [6, 6.07) is 8.29. The lowest BCUT2D eigenvalue weighted by Crippen LogP contribution is -2.09. The Morgan fingerprint density at radius 3 is 3.00 bits per heavy atom. The van der Waals surface area contributed by atoms with Gasteiger partial charge in [-0.3, -0.25) is 4.99 Å². The van der Waals surface area contributed by atoms with Crippen LogP contribution in [0.3, 0.4) is 0 Å². The Morgan fingerprint density at radius 1 is 1.17 bits per heavy atom. The van der Waals surface area contributed by atoms with E-state index in [4.69, 9.17) is 11.6 Å². The predicted octanol–water partition coefficient (Wildman–Crippen LogP) is 4.55. The Labute approximate surface area is 116 Å². The first-order valence-electron chi connectivity index (χ1n) is 5.87. The Bertz CT molecular complexity index is 584. The van der Waals surface area contributed by atoms with Gasteiger partial charge in [-0.05, 0) is 11.0 Å². The van der Waals surface area contributed by atoms with E-state index in [9.17, 15) is 0 Å². The van der Waals surface area contributed by atoms with Crippen molar-refractivity contribution in [2.24, 2.45) is 4.99 Å². The molecule has 1 atom stereocenters. The minimum absolute atomic E-state index is 0.134. The van der Waals surface area contributed by atoms with E-state index in [1.165, 1.54) is 9.80 Å². The fourth-order valence-electron chi connectivity index (χ4n) is 2.01. The first-order chi connectivity index (χ1) is 8.83. The molecule has 0 radical (unpaired) electrons. The lowest BCUT2D eigenvalue weighted by molar-refractivity contribution is 0.827. The largest absolute Gasteiger partial charge is 0.265 e. The van der Waals surface area contributed by atoms with Gasteiger partial charge >= 0.3 is 0 Å². The van der Waals surface area contributed by atoms with E-state index in [0.29, 0.717) is 5.17 Å². The first-order valence-corrected chi connectivity index (χ1v) is 7.07. The van der Waals surface area contributed by atoms with Crippen LogP contribution in [0.1, 0.15) is 12.0 Å². The summed E-state index contributed by atoms with van der Waals surface area (Å²) in [6.07, 6.45) is 11.3. The maximum atomic E-state index is 6.33. The van der Waals surface area contributed by atoms with Crippen molar-refractivity contribution in [1.29, 1.82) is 0 Å². The van der Waals surface area contributed by atoms with Crippen LogP contribution in [0.2, 0.25) is 0 Å². The molecule has 1 aromatic carbocycles. The molecule has 1 aromatic rings. The van der Waals surface area contributed by atoms with Gasteiger partial charge in [0.15, 0.2) is 0 Å². The number of nitrogens with zero attached hydrogens (tertiary/aromatic N) is 1. The molecule has 0 saturated carbocycles. The zero-order valence-electron chi connectivity index (χ0n) is 9.71. The second kappa shape index (κ2) is 5.17. The highest BCUT2D eigenvalue weighted by Crippen LogP contribution is 2.36. The van der Waals surface area contributed by atoms with Gasteiger partial charge in [0.25, 0.3) is 0 Å². The van der Waals surface area contributed by atoms with Crippen LogP contribution >= 0.6 is 23.4 Å². The van der Waals surface area contributed by atoms with E-state index in [2.05, 4.69) is 29.3 Å². The average molecular weight is 274 g/mol. The predicted molar refractivity (Wildman–Crippen MR) is 79.5 cm³/mol. The van der Waals surface area contributed by atoms with Crippen molar-refractivity contribution in [2.75, 3.05) is 0 Å². The van der Waals surface area contributed by atoms with Crippen molar-refractivity contribution in [2.45, 2.75) is 17.4 Å². The molecule has 2 bridgehead atoms. The molecule has 3 heteroatoms. The molecule has 1 heterocycles. The SMILES string of the molecule is Cl/C1=N/C2C=C/C=C\C=C(/C2)Sc2ccccc21. The Morgan fingerprint density at radius 2 is 2.06 bits per heavy atom. The van der Waals surface area contributed by atoms with E-state index < -0.39 is 0 Å². The molecule has 3 rings (SSSR count). The zero-order chi connectivity index (χ0) is 12.4. The lowest BCUT2D eigenvalue weighted by atomic mass is 10.1. The van der Waals surface area contributed by atoms with Gasteiger partial charge in [0, 0.05) is 16.9 Å². The van der Waals surface area contributed by atoms with Gasteiger partial charge < -0.3 is 0 Å². The number of rotatable bonds is 0. The Hall–Kier alpha value is -1.25. The van der Waals surface area contributed by atoms with Crippen LogP contribution in [0.4, 0.5) is 0 Å². The molecular weight excluding hydrogens is 262 g/mol. The molecule has 0 spiro atoms. The summed E-state index contributed by atoms with van der Waals surface area (Å²) in [5, 5.41) is 0.608. The summed E-state index contributed by atoms with van der Waals surface area (Å²) in [4.78, 5) is 7.10. The number of aliphatic imine (C=N–C) groups is 1. The van der Waals surface area contributed by atoms with Crippen molar-refractivity contribution < 1.29 is 0 Å². The number of hydrogen-bond donors (Lipinski definition) is 0. The van der Waals surface area contributed by atoms with E-state index in [1.54, 1.807) is 11.8 Å². The van der Waals surface area contributed by atoms with Gasteiger partial charge in [-0.1, -0.05) is 71.9 Å². The van der Waals surface area contributed by atoms with E-state index >= 15 is 0 Å². The highest BCUT2D eigenvalue weighted by atomic mass is 35.5. The minimum Gasteiger partial charge on any atom is -0.265 e. The molecule has 90 valence electrons. The summed E-state index contributed by atoms with van der Waals surface area (Å²) in [7, 11) is 0. The molecule has 1 aliphatic carbocycles. The molecule has 1 nitrogen and oxygen atoms in total. The third kappa shape index (κ3) is 2.45. The van der Waals surface area contributed by atoms with Gasteiger partial charge in [-0.15, -0.1) is 0 Å². The monoisotopic (exact) mass is 273 g/mol. The number of fused-ring (bicyclic) bond motifs is 3. The summed E-state index contributed by atoms with van der Waals surface area (Å²) in [6.45, 7) is 0. The Balaban J connectivity index is 2.14. The molecule has 1 aliphatic heterocycles. The van der Waals surface area contributed by atoms with E-state index in [1.807, 2.05) is 30.4 Å². The van der Waals surface area contributed by atoms with Crippen molar-refractivity contribution in [1.82, 2.24) is 0 Å². The number of halogens is 1. The van der Waals surface area contributed by atoms with E-state index in [0.717, 1.165) is 12.0 Å². The number of hydrogen-bond acceptors (Lipinski definition) is 2. The van der Waals surface area contributed by atoms with Crippen molar-refractivity contribution in [3.63, 3.8) is 0 Å². The number of allylic oxidation sites excluding steroid dienone is 4. The van der Waals surface area contributed by atoms with Crippen molar-refractivity contribution in [3.8, 4) is 0 Å². The maximum Gasteiger partial charge on any atom is 0.132 e. The van der Waals surface area contributed by atoms with Gasteiger partial charge in [0.1, 0.15) is 5.17 Å². The van der Waals surface area contributed by atoms with Crippen LogP contribution in [0.25, 0.3) is 0 Å². The molecule has 0 saturated heterocycles. The maximum absolute atomic E-state index is 6.33. The summed E-state index contributed by atoms with van der Waals surface area (Å²) < 4.78 is 0. The minimum atomic E-state index is 0.134. The fraction of sp³-hybridized carbons (Fsp3) is 0.133.